The summed E-state index contributed by atoms with van der Waals surface area (Å²) in [5.41, 5.74) is 7.64. The maximum Gasteiger partial charge on any atom is 0.411 e. The van der Waals surface area contributed by atoms with E-state index in [1.54, 1.807) is 0 Å². The number of phenolic OH excluding ortho intramolecular Hbond substituents is 1. The maximum absolute atomic E-state index is 13.6. The number of ketones is 2. The van der Waals surface area contributed by atoms with E-state index in [9.17, 15) is 39.6 Å². The van der Waals surface area contributed by atoms with Gasteiger partial charge in [-0.1, -0.05) is 20.8 Å². The first kappa shape index (κ1) is 27.1. The van der Waals surface area contributed by atoms with Crippen LogP contribution in [0, 0.1) is 17.3 Å². The molecular formula is C26H31N3O9. The molecule has 0 heterocycles. The molecule has 9 N–H and O–H groups in total. The lowest BCUT2D eigenvalue weighted by molar-refractivity contribution is -0.147. The Bertz CT molecular complexity index is 1340. The molecule has 204 valence electrons. The van der Waals surface area contributed by atoms with E-state index in [1.807, 2.05) is 20.8 Å². The molecule has 1 aromatic rings. The predicted molar refractivity (Wildman–Crippen MR) is 134 cm³/mol. The maximum atomic E-state index is 13.6. The predicted octanol–water partition coefficient (Wildman–Crippen LogP) is 1.48. The van der Waals surface area contributed by atoms with E-state index in [0.717, 1.165) is 0 Å². The second-order valence-electron chi connectivity index (χ2n) is 11.2. The fourth-order valence-electron chi connectivity index (χ4n) is 5.47. The van der Waals surface area contributed by atoms with Gasteiger partial charge in [0.15, 0.2) is 11.4 Å². The van der Waals surface area contributed by atoms with Crippen LogP contribution in [0.3, 0.4) is 0 Å². The van der Waals surface area contributed by atoms with Crippen LogP contribution in [0.5, 0.6) is 5.75 Å². The van der Waals surface area contributed by atoms with E-state index in [2.05, 4.69) is 5.32 Å². The number of Topliss-reactive ketones (excluding diaryl/α,β-unsaturated/α-hetero) is 2. The summed E-state index contributed by atoms with van der Waals surface area (Å²) in [6.45, 7) is 5.66. The number of anilines is 1. The van der Waals surface area contributed by atoms with Crippen molar-refractivity contribution in [3.05, 3.63) is 39.7 Å². The number of phenols is 1. The highest BCUT2D eigenvalue weighted by molar-refractivity contribution is 6.22. The van der Waals surface area contributed by atoms with Gasteiger partial charge in [-0.05, 0) is 41.4 Å². The van der Waals surface area contributed by atoms with Gasteiger partial charge in [0.1, 0.15) is 22.8 Å². The largest absolute Gasteiger partial charge is 0.508 e. The monoisotopic (exact) mass is 529 g/mol. The smallest absolute Gasteiger partial charge is 0.411 e. The van der Waals surface area contributed by atoms with Gasteiger partial charge in [0, 0.05) is 24.5 Å². The van der Waals surface area contributed by atoms with Gasteiger partial charge in [-0.3, -0.25) is 19.7 Å². The molecule has 1 aromatic carbocycles. The van der Waals surface area contributed by atoms with Crippen molar-refractivity contribution < 1.29 is 44.3 Å². The number of ether oxygens (including phenoxy) is 1. The fraction of sp³-hybridized carbons (Fsp3) is 0.462. The minimum atomic E-state index is -2.66. The number of hydrogen-bond donors (Lipinski definition) is 7. The zero-order chi connectivity index (χ0) is 28.3. The summed E-state index contributed by atoms with van der Waals surface area (Å²) in [4.78, 5) is 50.2. The lowest BCUT2D eigenvalue weighted by Gasteiger charge is -2.46. The molecule has 3 aliphatic carbocycles. The standard InChI is InChI=1S/C26H31N3O9/c1-25(2,3)9-38-24(36)29-14-6-11(8-27)13-5-10-4-12-7-15(30)18(23(28)35)22(34)26(12,37)21(33)16(10)20(32)17(13)19(14)31/h6,10,12,31-32,34,37H,4-5,7-9,27H2,1-3H3,(H2,28,35)(H,29,36)/t10-,12+,26+/m1/s1. The molecule has 1 saturated carbocycles. The molecule has 0 unspecified atom stereocenters. The number of aliphatic hydroxyl groups is 3. The fourth-order valence-corrected chi connectivity index (χ4v) is 5.47. The Morgan fingerprint density at radius 1 is 1.18 bits per heavy atom. The van der Waals surface area contributed by atoms with Crippen molar-refractivity contribution in [3.8, 4) is 5.75 Å². The Kier molecular flexibility index (Phi) is 6.53. The Labute approximate surface area is 217 Å². The van der Waals surface area contributed by atoms with Crippen molar-refractivity contribution in [3.63, 3.8) is 0 Å². The van der Waals surface area contributed by atoms with Crippen LogP contribution in [-0.2, 0) is 32.1 Å². The molecule has 38 heavy (non-hydrogen) atoms. The molecule has 3 aliphatic rings. The number of benzene rings is 1. The average molecular weight is 530 g/mol. The Balaban J connectivity index is 1.81. The number of carbonyl (C=O) groups excluding carboxylic acids is 4. The molecule has 2 amide bonds. The van der Waals surface area contributed by atoms with Gasteiger partial charge in [0.25, 0.3) is 5.91 Å². The van der Waals surface area contributed by atoms with Crippen LogP contribution in [0.1, 0.15) is 50.3 Å². The molecule has 0 saturated heterocycles. The van der Waals surface area contributed by atoms with E-state index in [0.29, 0.717) is 11.1 Å². The zero-order valence-electron chi connectivity index (χ0n) is 21.3. The van der Waals surface area contributed by atoms with Gasteiger partial charge in [-0.2, -0.15) is 0 Å². The molecular weight excluding hydrogens is 498 g/mol. The van der Waals surface area contributed by atoms with E-state index in [4.69, 9.17) is 16.2 Å². The summed E-state index contributed by atoms with van der Waals surface area (Å²) >= 11 is 0. The SMILES string of the molecule is CC(C)(C)COC(=O)Nc1cc(CN)c2c(c1O)C(O)=C1C(=O)[C@]3(O)C(O)=C(C(N)=O)C(=O)C[C@@H]3C[C@@H]1C2. The van der Waals surface area contributed by atoms with Gasteiger partial charge in [-0.25, -0.2) is 4.79 Å². The number of nitrogens with one attached hydrogen (secondary N) is 1. The van der Waals surface area contributed by atoms with Crippen LogP contribution in [0.25, 0.3) is 5.76 Å². The molecule has 0 aromatic heterocycles. The van der Waals surface area contributed by atoms with Crippen LogP contribution in [-0.4, -0.2) is 56.2 Å². The summed E-state index contributed by atoms with van der Waals surface area (Å²) < 4.78 is 5.18. The first-order valence-corrected chi connectivity index (χ1v) is 12.1. The van der Waals surface area contributed by atoms with Crippen molar-refractivity contribution in [1.29, 1.82) is 0 Å². The second-order valence-corrected chi connectivity index (χ2v) is 11.2. The van der Waals surface area contributed by atoms with Gasteiger partial charge in [0.2, 0.25) is 5.78 Å². The topological polar surface area (TPSA) is 222 Å². The highest BCUT2D eigenvalue weighted by Crippen LogP contribution is 2.53. The van der Waals surface area contributed by atoms with E-state index in [-0.39, 0.29) is 48.2 Å². The zero-order valence-corrected chi connectivity index (χ0v) is 21.3. The third-order valence-electron chi connectivity index (χ3n) is 7.25. The highest BCUT2D eigenvalue weighted by Gasteiger charge is 2.60. The third-order valence-corrected chi connectivity index (χ3v) is 7.25. The lowest BCUT2D eigenvalue weighted by atomic mass is 9.59. The molecule has 0 spiro atoms. The highest BCUT2D eigenvalue weighted by atomic mass is 16.5. The summed E-state index contributed by atoms with van der Waals surface area (Å²) in [5, 5.41) is 46.7. The van der Waals surface area contributed by atoms with Gasteiger partial charge in [-0.15, -0.1) is 0 Å². The van der Waals surface area contributed by atoms with Crippen molar-refractivity contribution in [1.82, 2.24) is 0 Å². The Morgan fingerprint density at radius 3 is 2.42 bits per heavy atom. The molecule has 1 fully saturated rings. The van der Waals surface area contributed by atoms with Crippen molar-refractivity contribution >= 4 is 35.0 Å². The quantitative estimate of drug-likeness (QED) is 0.220. The molecule has 4 rings (SSSR count). The Morgan fingerprint density at radius 2 is 1.84 bits per heavy atom. The number of fused-ring (bicyclic) bond motifs is 3. The van der Waals surface area contributed by atoms with E-state index < -0.39 is 70.3 Å². The number of carbonyl (C=O) groups is 4. The normalized spacial score (nSPS) is 25.0. The summed E-state index contributed by atoms with van der Waals surface area (Å²) in [5.74, 6) is -7.31. The number of primary amides is 1. The number of nitrogens with two attached hydrogens (primary N) is 2. The van der Waals surface area contributed by atoms with E-state index >= 15 is 0 Å². The number of hydrogen-bond acceptors (Lipinski definition) is 10. The summed E-state index contributed by atoms with van der Waals surface area (Å²) in [7, 11) is 0. The number of rotatable bonds is 4. The molecule has 0 radical (unpaired) electrons. The van der Waals surface area contributed by atoms with Crippen LogP contribution in [0.2, 0.25) is 0 Å². The minimum Gasteiger partial charge on any atom is -0.508 e. The number of amides is 2. The molecule has 0 aliphatic heterocycles. The molecule has 3 atom stereocenters. The van der Waals surface area contributed by atoms with Crippen molar-refractivity contribution in [2.24, 2.45) is 28.7 Å². The van der Waals surface area contributed by atoms with Crippen LogP contribution >= 0.6 is 0 Å². The van der Waals surface area contributed by atoms with Crippen LogP contribution in [0.15, 0.2) is 23.0 Å². The first-order chi connectivity index (χ1) is 17.6. The molecule has 12 heteroatoms. The summed E-state index contributed by atoms with van der Waals surface area (Å²) in [6.07, 6.45) is -1.14. The van der Waals surface area contributed by atoms with Gasteiger partial charge < -0.3 is 36.6 Å². The third kappa shape index (κ3) is 4.19. The molecule has 12 nitrogen and oxygen atoms in total. The van der Waals surface area contributed by atoms with Crippen molar-refractivity contribution in [2.75, 3.05) is 11.9 Å². The lowest BCUT2D eigenvalue weighted by Crippen LogP contribution is -2.58. The minimum absolute atomic E-state index is 0.00677. The number of aromatic hydroxyl groups is 1. The number of aliphatic hydroxyl groups excluding tert-OH is 2. The molecule has 0 bridgehead atoms. The Hall–Kier alpha value is -3.90. The van der Waals surface area contributed by atoms with Crippen LogP contribution in [0.4, 0.5) is 10.5 Å². The van der Waals surface area contributed by atoms with Crippen LogP contribution < -0.4 is 16.8 Å². The second kappa shape index (κ2) is 9.14. The van der Waals surface area contributed by atoms with E-state index in [1.165, 1.54) is 6.07 Å². The van der Waals surface area contributed by atoms with Gasteiger partial charge >= 0.3 is 6.09 Å². The van der Waals surface area contributed by atoms with Gasteiger partial charge in [0.05, 0.1) is 17.9 Å². The first-order valence-electron chi connectivity index (χ1n) is 12.1. The average Bonchev–Trinajstić information content (AvgIpc) is 2.81. The summed E-state index contributed by atoms with van der Waals surface area (Å²) in [6, 6.07) is 1.45. The van der Waals surface area contributed by atoms with Crippen molar-refractivity contribution in [2.45, 2.75) is 52.2 Å².